The maximum absolute atomic E-state index is 13.6. The first-order valence-corrected chi connectivity index (χ1v) is 16.5. The number of aliphatic hydroxyl groups excluding tert-OH is 1. The van der Waals surface area contributed by atoms with Crippen LogP contribution in [0.15, 0.2) is 4.99 Å². The van der Waals surface area contributed by atoms with Gasteiger partial charge in [-0.05, 0) is 19.3 Å². The van der Waals surface area contributed by atoms with Gasteiger partial charge in [-0.3, -0.25) is 4.99 Å². The number of unbranched alkanes of at least 4 members (excludes halogenated alkanes) is 13. The molecule has 0 spiro atoms. The van der Waals surface area contributed by atoms with Crippen molar-refractivity contribution in [3.8, 4) is 12.3 Å². The Bertz CT molecular complexity index is 1080. The van der Waals surface area contributed by atoms with Gasteiger partial charge >= 0.3 is 12.2 Å². The van der Waals surface area contributed by atoms with E-state index in [9.17, 15) is 14.3 Å². The van der Waals surface area contributed by atoms with Crippen LogP contribution in [-0.4, -0.2) is 65.3 Å². The molecule has 0 amide bonds. The number of fused-ring (bicyclic) bond motifs is 1. The van der Waals surface area contributed by atoms with Crippen LogP contribution in [0.1, 0.15) is 115 Å². The van der Waals surface area contributed by atoms with E-state index >= 15 is 0 Å². The Labute approximate surface area is 261 Å². The molecule has 3 heterocycles. The first-order chi connectivity index (χ1) is 21.4. The van der Waals surface area contributed by atoms with E-state index in [2.05, 4.69) is 27.8 Å². The van der Waals surface area contributed by atoms with Crippen LogP contribution in [0, 0.1) is 24.3 Å². The molecule has 246 valence electrons. The lowest BCUT2D eigenvalue weighted by atomic mass is 9.92. The average molecular weight is 619 g/mol. The molecule has 0 saturated carbocycles. The van der Waals surface area contributed by atoms with Gasteiger partial charge in [-0.2, -0.15) is 9.37 Å². The van der Waals surface area contributed by atoms with Crippen molar-refractivity contribution in [1.82, 2.24) is 9.97 Å². The summed E-state index contributed by atoms with van der Waals surface area (Å²) in [5.74, 6) is 2.26. The zero-order chi connectivity index (χ0) is 31.6. The molecule has 4 atom stereocenters. The number of anilines is 1. The first kappa shape index (κ1) is 35.7. The van der Waals surface area contributed by atoms with Crippen molar-refractivity contribution in [1.29, 1.82) is 0 Å². The van der Waals surface area contributed by atoms with Gasteiger partial charge in [-0.1, -0.05) is 96.3 Å². The summed E-state index contributed by atoms with van der Waals surface area (Å²) in [5, 5.41) is 10.8. The predicted octanol–water partition coefficient (Wildman–Crippen LogP) is 6.59. The minimum absolute atomic E-state index is 0.0266. The normalized spacial score (nSPS) is 22.7. The van der Waals surface area contributed by atoms with Crippen molar-refractivity contribution in [3.05, 3.63) is 11.8 Å². The highest BCUT2D eigenvalue weighted by atomic mass is 19.1. The number of aliphatic imine (C=N–C) groups is 1. The van der Waals surface area contributed by atoms with Crippen molar-refractivity contribution in [3.63, 3.8) is 0 Å². The number of carbonyl (C=O) groups is 1. The summed E-state index contributed by atoms with van der Waals surface area (Å²) in [6.45, 7) is 1.99. The van der Waals surface area contributed by atoms with Crippen molar-refractivity contribution in [2.24, 2.45) is 10.9 Å². The number of rotatable bonds is 20. The summed E-state index contributed by atoms with van der Waals surface area (Å²) in [5.41, 5.74) is 5.16. The number of nitrogens with two attached hydrogens (primary N) is 1. The standard InChI is InChI=1S/C33H51FN4O6/c1-3-5-6-7-8-9-10-11-12-13-14-15-16-17-20-42-32(40)43-24-41-23-33(4-2)28(39)21-27(44-33)25-18-19-26-29(36-22-25)30(35)38-31(34)37-26/h2,22,25,27-28,39H,3,5-21,23-24H2,1H3,(H2,35,37,38)/t25?,27-,28+,33-/m1/s1. The topological polar surface area (TPSA) is 138 Å². The summed E-state index contributed by atoms with van der Waals surface area (Å²) in [7, 11) is 0. The van der Waals surface area contributed by atoms with Crippen molar-refractivity contribution >= 4 is 23.9 Å². The highest BCUT2D eigenvalue weighted by Crippen LogP contribution is 2.37. The van der Waals surface area contributed by atoms with Gasteiger partial charge in [0.2, 0.25) is 0 Å². The second kappa shape index (κ2) is 19.6. The van der Waals surface area contributed by atoms with E-state index in [4.69, 9.17) is 31.1 Å². The summed E-state index contributed by atoms with van der Waals surface area (Å²) in [6.07, 6.45) is 23.0. The highest BCUT2D eigenvalue weighted by molar-refractivity contribution is 5.73. The number of aryl methyl sites for hydroxylation is 1. The molecule has 1 fully saturated rings. The van der Waals surface area contributed by atoms with Crippen LogP contribution in [0.3, 0.4) is 0 Å². The lowest BCUT2D eigenvalue weighted by molar-refractivity contribution is -0.125. The first-order valence-electron chi connectivity index (χ1n) is 16.5. The predicted molar refractivity (Wildman–Crippen MR) is 167 cm³/mol. The molecule has 1 saturated heterocycles. The number of nitrogens with zero attached hydrogens (tertiary/aromatic N) is 3. The van der Waals surface area contributed by atoms with E-state index in [0.717, 1.165) is 19.3 Å². The van der Waals surface area contributed by atoms with E-state index in [1.807, 2.05) is 0 Å². The second-order valence-electron chi connectivity index (χ2n) is 11.9. The van der Waals surface area contributed by atoms with Gasteiger partial charge in [-0.15, -0.1) is 6.42 Å². The van der Waals surface area contributed by atoms with Crippen LogP contribution >= 0.6 is 0 Å². The number of nitrogen functional groups attached to an aromatic ring is 1. The lowest BCUT2D eigenvalue weighted by Crippen LogP contribution is -2.43. The molecular formula is C33H51FN4O6. The molecule has 10 nitrogen and oxygen atoms in total. The van der Waals surface area contributed by atoms with E-state index < -0.39 is 30.0 Å². The van der Waals surface area contributed by atoms with Crippen molar-refractivity contribution in [2.45, 2.75) is 134 Å². The lowest BCUT2D eigenvalue weighted by Gasteiger charge is -2.27. The summed E-state index contributed by atoms with van der Waals surface area (Å²) in [4.78, 5) is 23.6. The molecule has 1 aromatic heterocycles. The highest BCUT2D eigenvalue weighted by Gasteiger charge is 2.49. The average Bonchev–Trinajstić information content (AvgIpc) is 3.18. The van der Waals surface area contributed by atoms with Crippen LogP contribution in [0.2, 0.25) is 0 Å². The molecule has 1 unspecified atom stereocenters. The van der Waals surface area contributed by atoms with Crippen LogP contribution in [0.4, 0.5) is 20.7 Å². The quantitative estimate of drug-likeness (QED) is 0.0544. The van der Waals surface area contributed by atoms with Gasteiger partial charge in [-0.25, -0.2) is 9.78 Å². The Morgan fingerprint density at radius 3 is 2.34 bits per heavy atom. The summed E-state index contributed by atoms with van der Waals surface area (Å²) >= 11 is 0. The van der Waals surface area contributed by atoms with Gasteiger partial charge < -0.3 is 29.8 Å². The van der Waals surface area contributed by atoms with E-state index in [1.165, 1.54) is 70.6 Å². The van der Waals surface area contributed by atoms with E-state index in [-0.39, 0.29) is 31.6 Å². The number of hydrogen-bond donors (Lipinski definition) is 2. The molecule has 1 aromatic rings. The van der Waals surface area contributed by atoms with Crippen LogP contribution < -0.4 is 5.73 Å². The number of aromatic nitrogens is 2. The molecule has 11 heteroatoms. The molecule has 2 aliphatic heterocycles. The fourth-order valence-electron chi connectivity index (χ4n) is 5.78. The van der Waals surface area contributed by atoms with E-state index in [1.54, 1.807) is 6.21 Å². The maximum Gasteiger partial charge on any atom is 0.510 e. The van der Waals surface area contributed by atoms with Crippen molar-refractivity contribution < 1.29 is 33.2 Å². The SMILES string of the molecule is C#C[C@]1(COCOC(=O)OCCCCCCCCCCCCCCCC)O[C@@H](C2C=Nc3c(N)nc(F)nc3CC2)C[C@@H]1O. The van der Waals surface area contributed by atoms with Gasteiger partial charge in [0.25, 0.3) is 0 Å². The van der Waals surface area contributed by atoms with Crippen LogP contribution in [-0.2, 0) is 25.4 Å². The zero-order valence-corrected chi connectivity index (χ0v) is 26.3. The number of ether oxygens (including phenoxy) is 4. The van der Waals surface area contributed by atoms with Gasteiger partial charge in [0, 0.05) is 18.6 Å². The Morgan fingerprint density at radius 1 is 1.07 bits per heavy atom. The molecule has 0 aliphatic carbocycles. The van der Waals surface area contributed by atoms with Gasteiger partial charge in [0.15, 0.2) is 18.2 Å². The fourth-order valence-corrected chi connectivity index (χ4v) is 5.78. The van der Waals surface area contributed by atoms with E-state index in [0.29, 0.717) is 30.8 Å². The van der Waals surface area contributed by atoms with Crippen LogP contribution in [0.5, 0.6) is 0 Å². The molecule has 3 N–H and O–H groups in total. The third kappa shape index (κ3) is 11.6. The molecule has 2 aliphatic rings. The molecule has 0 bridgehead atoms. The number of halogens is 1. The third-order valence-electron chi connectivity index (χ3n) is 8.44. The molecule has 0 aromatic carbocycles. The molecule has 44 heavy (non-hydrogen) atoms. The molecule has 0 radical (unpaired) electrons. The minimum Gasteiger partial charge on any atom is -0.434 e. The number of carbonyl (C=O) groups excluding carboxylic acids is 1. The smallest absolute Gasteiger partial charge is 0.434 e. The minimum atomic E-state index is -1.41. The molecule has 3 rings (SSSR count). The summed E-state index contributed by atoms with van der Waals surface area (Å²) < 4.78 is 35.3. The van der Waals surface area contributed by atoms with Gasteiger partial charge in [0.1, 0.15) is 5.69 Å². The third-order valence-corrected chi connectivity index (χ3v) is 8.44. The Hall–Kier alpha value is -2.81. The fraction of sp³-hybridized carbons (Fsp3) is 0.758. The van der Waals surface area contributed by atoms with Gasteiger partial charge in [0.05, 0.1) is 31.1 Å². The Morgan fingerprint density at radius 2 is 1.70 bits per heavy atom. The zero-order valence-electron chi connectivity index (χ0n) is 26.3. The largest absolute Gasteiger partial charge is 0.510 e. The maximum atomic E-state index is 13.6. The summed E-state index contributed by atoms with van der Waals surface area (Å²) in [6, 6.07) is 0. The number of hydrogen-bond acceptors (Lipinski definition) is 10. The number of terminal acetylenes is 1. The Kier molecular flexibility index (Phi) is 15.8. The monoisotopic (exact) mass is 618 g/mol. The molecular weight excluding hydrogens is 567 g/mol. The second-order valence-corrected chi connectivity index (χ2v) is 11.9. The Balaban J connectivity index is 1.23. The van der Waals surface area contributed by atoms with Crippen molar-refractivity contribution in [2.75, 3.05) is 25.7 Å². The number of aliphatic hydroxyl groups is 1. The van der Waals surface area contributed by atoms with Crippen LogP contribution in [0.25, 0.3) is 0 Å².